The molecule has 7 heteroatoms. The van der Waals surface area contributed by atoms with Gasteiger partial charge in [0.1, 0.15) is 0 Å². The van der Waals surface area contributed by atoms with Gasteiger partial charge in [-0.3, -0.25) is 4.79 Å². The lowest BCUT2D eigenvalue weighted by molar-refractivity contribution is -0.115. The molecule has 1 aromatic heterocycles. The molecule has 0 aliphatic carbocycles. The first-order chi connectivity index (χ1) is 12.0. The van der Waals surface area contributed by atoms with Gasteiger partial charge in [-0.15, -0.1) is 11.3 Å². The fourth-order valence-electron chi connectivity index (χ4n) is 2.22. The maximum atomic E-state index is 12.3. The van der Waals surface area contributed by atoms with E-state index in [9.17, 15) is 4.79 Å². The molecule has 0 radical (unpaired) electrons. The van der Waals surface area contributed by atoms with E-state index in [-0.39, 0.29) is 5.91 Å². The minimum atomic E-state index is -0.0512. The molecule has 0 aliphatic heterocycles. The Kier molecular flexibility index (Phi) is 5.88. The van der Waals surface area contributed by atoms with Crippen molar-refractivity contribution in [2.75, 3.05) is 5.32 Å². The number of hydrogen-bond acceptors (Lipinski definition) is 3. The molecule has 0 aliphatic rings. The van der Waals surface area contributed by atoms with Crippen LogP contribution in [0.4, 0.5) is 11.4 Å². The molecule has 0 fully saturated rings. The second-order valence-electron chi connectivity index (χ2n) is 5.39. The molecule has 1 heterocycles. The highest BCUT2D eigenvalue weighted by Gasteiger charge is 2.08. The molecular weight excluding hydrogens is 466 g/mol. The summed E-state index contributed by atoms with van der Waals surface area (Å²) >= 11 is 8.35. The summed E-state index contributed by atoms with van der Waals surface area (Å²) in [5.41, 5.74) is 2.58. The van der Waals surface area contributed by atoms with E-state index in [0.29, 0.717) is 6.42 Å². The highest BCUT2D eigenvalue weighted by molar-refractivity contribution is 9.10. The third kappa shape index (κ3) is 4.90. The van der Waals surface area contributed by atoms with Crippen LogP contribution in [-0.4, -0.2) is 10.5 Å². The van der Waals surface area contributed by atoms with Crippen LogP contribution in [0, 0.1) is 0 Å². The third-order valence-electron chi connectivity index (χ3n) is 3.52. The minimum absolute atomic E-state index is 0.0512. The molecule has 2 aromatic carbocycles. The molecule has 0 spiro atoms. The van der Waals surface area contributed by atoms with Gasteiger partial charge in [0.25, 0.3) is 0 Å². The van der Waals surface area contributed by atoms with Gasteiger partial charge in [-0.1, -0.05) is 37.9 Å². The lowest BCUT2D eigenvalue weighted by Crippen LogP contribution is -2.19. The summed E-state index contributed by atoms with van der Waals surface area (Å²) in [4.78, 5) is 17.8. The van der Waals surface area contributed by atoms with Crippen LogP contribution >= 0.6 is 43.2 Å². The Morgan fingerprint density at radius 3 is 2.64 bits per heavy atom. The number of nitrogens with one attached hydrogen (secondary N) is 1. The van der Waals surface area contributed by atoms with Gasteiger partial charge in [0.2, 0.25) is 5.91 Å². The van der Waals surface area contributed by atoms with Gasteiger partial charge in [0.05, 0.1) is 12.1 Å². The van der Waals surface area contributed by atoms with Crippen LogP contribution in [0.5, 0.6) is 0 Å². The van der Waals surface area contributed by atoms with Crippen LogP contribution in [0.25, 0.3) is 0 Å². The van der Waals surface area contributed by atoms with Crippen LogP contribution in [0.1, 0.15) is 5.69 Å². The summed E-state index contributed by atoms with van der Waals surface area (Å²) in [5, 5.41) is 4.88. The summed E-state index contributed by atoms with van der Waals surface area (Å²) in [5.74, 6) is -0.0512. The number of aromatic nitrogens is 1. The first kappa shape index (κ1) is 18.1. The zero-order valence-electron chi connectivity index (χ0n) is 13.4. The molecule has 1 N–H and O–H groups in total. The van der Waals surface area contributed by atoms with Gasteiger partial charge in [0, 0.05) is 32.8 Å². The van der Waals surface area contributed by atoms with E-state index >= 15 is 0 Å². The molecule has 3 aromatic rings. The number of amides is 1. The lowest BCUT2D eigenvalue weighted by Gasteiger charge is -2.06. The zero-order valence-corrected chi connectivity index (χ0v) is 17.4. The number of benzene rings is 2. The Balaban J connectivity index is 1.74. The number of anilines is 1. The summed E-state index contributed by atoms with van der Waals surface area (Å²) < 4.78 is 3.92. The third-order valence-corrected chi connectivity index (χ3v) is 5.51. The molecule has 0 bridgehead atoms. The van der Waals surface area contributed by atoms with E-state index in [1.54, 1.807) is 0 Å². The Hall–Kier alpha value is -1.70. The average molecular weight is 481 g/mol. The Bertz CT molecular complexity index is 961. The van der Waals surface area contributed by atoms with Gasteiger partial charge in [-0.05, 0) is 42.5 Å². The Morgan fingerprint density at radius 2 is 1.92 bits per heavy atom. The standard InChI is InChI=1S/C18H15Br2N3OS/c1-23-16(10-17(24)21-14-7-5-12(19)6-8-14)11-25-18(23)22-15-4-2-3-13(20)9-15/h2-9,11H,10H2,1H3,(H,21,24). The average Bonchev–Trinajstić information content (AvgIpc) is 2.90. The number of carbonyl (C=O) groups excluding carboxylic acids is 1. The molecule has 0 atom stereocenters. The fraction of sp³-hybridized carbons (Fsp3) is 0.111. The van der Waals surface area contributed by atoms with E-state index in [4.69, 9.17) is 0 Å². The van der Waals surface area contributed by atoms with Gasteiger partial charge in [-0.25, -0.2) is 4.99 Å². The minimum Gasteiger partial charge on any atom is -0.326 e. The second kappa shape index (κ2) is 8.12. The first-order valence-corrected chi connectivity index (χ1v) is 9.97. The van der Waals surface area contributed by atoms with Crippen LogP contribution < -0.4 is 10.1 Å². The van der Waals surface area contributed by atoms with Crippen molar-refractivity contribution in [1.82, 2.24) is 4.57 Å². The predicted molar refractivity (Wildman–Crippen MR) is 109 cm³/mol. The van der Waals surface area contributed by atoms with Gasteiger partial charge < -0.3 is 9.88 Å². The van der Waals surface area contributed by atoms with Crippen molar-refractivity contribution in [3.05, 3.63) is 73.4 Å². The van der Waals surface area contributed by atoms with E-state index in [1.165, 1.54) is 11.3 Å². The summed E-state index contributed by atoms with van der Waals surface area (Å²) in [6.07, 6.45) is 0.303. The second-order valence-corrected chi connectivity index (χ2v) is 8.06. The lowest BCUT2D eigenvalue weighted by atomic mass is 10.3. The number of carbonyl (C=O) groups is 1. The molecule has 1 amide bonds. The number of rotatable bonds is 4. The van der Waals surface area contributed by atoms with E-state index in [0.717, 1.165) is 30.8 Å². The molecule has 0 saturated heterocycles. The Morgan fingerprint density at radius 1 is 1.16 bits per heavy atom. The Labute approximate surface area is 166 Å². The van der Waals surface area contributed by atoms with Gasteiger partial charge in [-0.2, -0.15) is 0 Å². The summed E-state index contributed by atoms with van der Waals surface area (Å²) in [6.45, 7) is 0. The van der Waals surface area contributed by atoms with Crippen molar-refractivity contribution in [2.45, 2.75) is 6.42 Å². The van der Waals surface area contributed by atoms with Crippen molar-refractivity contribution < 1.29 is 4.79 Å². The predicted octanol–water partition coefficient (Wildman–Crippen LogP) is 5.03. The smallest absolute Gasteiger partial charge is 0.230 e. The van der Waals surface area contributed by atoms with Crippen LogP contribution in [0.3, 0.4) is 0 Å². The highest BCUT2D eigenvalue weighted by Crippen LogP contribution is 2.18. The summed E-state index contributed by atoms with van der Waals surface area (Å²) in [6, 6.07) is 15.3. The zero-order chi connectivity index (χ0) is 17.8. The molecule has 25 heavy (non-hydrogen) atoms. The fourth-order valence-corrected chi connectivity index (χ4v) is 3.79. The van der Waals surface area contributed by atoms with Crippen molar-refractivity contribution in [3.63, 3.8) is 0 Å². The van der Waals surface area contributed by atoms with Gasteiger partial charge >= 0.3 is 0 Å². The van der Waals surface area contributed by atoms with E-state index in [1.807, 2.05) is 65.5 Å². The van der Waals surface area contributed by atoms with Crippen LogP contribution in [0.2, 0.25) is 0 Å². The molecule has 3 rings (SSSR count). The van der Waals surface area contributed by atoms with Crippen molar-refractivity contribution in [2.24, 2.45) is 12.0 Å². The van der Waals surface area contributed by atoms with Crippen molar-refractivity contribution >= 4 is 60.5 Å². The van der Waals surface area contributed by atoms with Crippen molar-refractivity contribution in [1.29, 1.82) is 0 Å². The molecule has 0 unspecified atom stereocenters. The molecule has 0 saturated carbocycles. The maximum absolute atomic E-state index is 12.3. The molecule has 4 nitrogen and oxygen atoms in total. The monoisotopic (exact) mass is 479 g/mol. The topological polar surface area (TPSA) is 46.4 Å². The van der Waals surface area contributed by atoms with Crippen molar-refractivity contribution in [3.8, 4) is 0 Å². The van der Waals surface area contributed by atoms with E-state index < -0.39 is 0 Å². The largest absolute Gasteiger partial charge is 0.326 e. The molecule has 128 valence electrons. The maximum Gasteiger partial charge on any atom is 0.230 e. The number of halogens is 2. The quantitative estimate of drug-likeness (QED) is 0.559. The highest BCUT2D eigenvalue weighted by atomic mass is 79.9. The summed E-state index contributed by atoms with van der Waals surface area (Å²) in [7, 11) is 1.93. The van der Waals surface area contributed by atoms with Crippen LogP contribution in [0.15, 0.2) is 67.8 Å². The number of nitrogens with zero attached hydrogens (tertiary/aromatic N) is 2. The van der Waals surface area contributed by atoms with Crippen LogP contribution in [-0.2, 0) is 18.3 Å². The first-order valence-electron chi connectivity index (χ1n) is 7.50. The van der Waals surface area contributed by atoms with Gasteiger partial charge in [0.15, 0.2) is 4.80 Å². The molecular formula is C18H15Br2N3OS. The number of thiazole rings is 1. The number of hydrogen-bond donors (Lipinski definition) is 1. The SMILES string of the molecule is Cn1c(CC(=O)Nc2ccc(Br)cc2)csc1=Nc1cccc(Br)c1. The normalized spacial score (nSPS) is 11.6. The van der Waals surface area contributed by atoms with E-state index in [2.05, 4.69) is 42.2 Å².